The van der Waals surface area contributed by atoms with E-state index in [1.165, 1.54) is 10.9 Å². The molecule has 0 N–H and O–H groups in total. The van der Waals surface area contributed by atoms with Crippen LogP contribution in [0.2, 0.25) is 5.28 Å². The Morgan fingerprint density at radius 1 is 1.43 bits per heavy atom. The highest BCUT2D eigenvalue weighted by molar-refractivity contribution is 6.28. The lowest BCUT2D eigenvalue weighted by molar-refractivity contribution is 0.0975. The highest BCUT2D eigenvalue weighted by atomic mass is 35.5. The first-order valence-electron chi connectivity index (χ1n) is 4.64. The molecule has 0 amide bonds. The van der Waals surface area contributed by atoms with Crippen LogP contribution in [0.1, 0.15) is 6.93 Å². The summed E-state index contributed by atoms with van der Waals surface area (Å²) in [5.41, 5.74) is 1.02. The van der Waals surface area contributed by atoms with Crippen LogP contribution in [-0.4, -0.2) is 9.71 Å². The van der Waals surface area contributed by atoms with Gasteiger partial charge in [0.25, 0.3) is 0 Å². The minimum absolute atomic E-state index is 0.135. The van der Waals surface area contributed by atoms with Crippen molar-refractivity contribution in [1.82, 2.24) is 9.71 Å². The van der Waals surface area contributed by atoms with Crippen molar-refractivity contribution in [2.75, 3.05) is 0 Å². The van der Waals surface area contributed by atoms with Crippen LogP contribution in [0, 0.1) is 0 Å². The summed E-state index contributed by atoms with van der Waals surface area (Å²) in [7, 11) is 0. The molecule has 0 unspecified atom stereocenters. The number of benzene rings is 1. The number of aromatic nitrogens is 2. The first-order valence-corrected chi connectivity index (χ1v) is 4.52. The molecule has 1 heterocycles. The summed E-state index contributed by atoms with van der Waals surface area (Å²) in [6, 6.07) is 9.66. The summed E-state index contributed by atoms with van der Waals surface area (Å²) in [4.78, 5) is 9.07. The van der Waals surface area contributed by atoms with E-state index >= 15 is 0 Å². The summed E-state index contributed by atoms with van der Waals surface area (Å²) in [6.45, 7) is 0.364. The minimum Gasteiger partial charge on any atom is -0.407 e. The van der Waals surface area contributed by atoms with Gasteiger partial charge in [0.05, 0.1) is 13.7 Å². The van der Waals surface area contributed by atoms with E-state index in [4.69, 9.17) is 17.8 Å². The van der Waals surface area contributed by atoms with E-state index < -0.39 is 0 Å². The highest BCUT2D eigenvalue weighted by Crippen LogP contribution is 2.04. The molecule has 0 saturated heterocycles. The van der Waals surface area contributed by atoms with Crippen molar-refractivity contribution >= 4 is 11.6 Å². The Bertz CT molecular complexity index is 424. The lowest BCUT2D eigenvalue weighted by Crippen LogP contribution is -2.09. The maximum absolute atomic E-state index is 7.45. The molecule has 1 aromatic carbocycles. The zero-order valence-corrected chi connectivity index (χ0v) is 8.11. The molecule has 2 rings (SSSR count). The molecule has 14 heavy (non-hydrogen) atoms. The van der Waals surface area contributed by atoms with Crippen molar-refractivity contribution in [1.29, 1.82) is 0 Å². The Hall–Kier alpha value is -1.48. The van der Waals surface area contributed by atoms with Crippen LogP contribution >= 0.6 is 11.6 Å². The lowest BCUT2D eigenvalue weighted by atomic mass is 10.2. The normalized spacial score (nSPS) is 11.1. The molecule has 72 valence electrons. The molecule has 4 heteroatoms. The lowest BCUT2D eigenvalue weighted by Gasteiger charge is -2.06. The van der Waals surface area contributed by atoms with Gasteiger partial charge in [-0.25, -0.2) is 4.98 Å². The second-order valence-corrected chi connectivity index (χ2v) is 3.05. The smallest absolute Gasteiger partial charge is 0.236 e. The molecule has 2 aromatic rings. The zero-order chi connectivity index (χ0) is 10.7. The van der Waals surface area contributed by atoms with Gasteiger partial charge in [-0.3, -0.25) is 0 Å². The van der Waals surface area contributed by atoms with Crippen molar-refractivity contribution in [2.24, 2.45) is 0 Å². The number of hydrogen-bond donors (Lipinski definition) is 0. The van der Waals surface area contributed by atoms with Crippen LogP contribution in [0.15, 0.2) is 42.7 Å². The van der Waals surface area contributed by atoms with Crippen LogP contribution in [0.25, 0.3) is 0 Å². The first kappa shape index (κ1) is 7.88. The third-order valence-electron chi connectivity index (χ3n) is 1.72. The molecular weight excluding hydrogens is 200 g/mol. The summed E-state index contributed by atoms with van der Waals surface area (Å²) < 4.78 is 8.64. The number of imidazole rings is 1. The predicted molar refractivity (Wildman–Crippen MR) is 54.0 cm³/mol. The highest BCUT2D eigenvalue weighted by Gasteiger charge is 1.98. The molecule has 0 fully saturated rings. The molecule has 1 aromatic heterocycles. The van der Waals surface area contributed by atoms with Crippen molar-refractivity contribution in [3.63, 3.8) is 0 Å². The molecule has 0 saturated carbocycles. The van der Waals surface area contributed by atoms with Gasteiger partial charge in [0.15, 0.2) is 0 Å². The Labute approximate surface area is 88.3 Å². The van der Waals surface area contributed by atoms with E-state index in [1.807, 2.05) is 30.3 Å². The van der Waals surface area contributed by atoms with Gasteiger partial charge in [0, 0.05) is 0 Å². The fourth-order valence-corrected chi connectivity index (χ4v) is 1.19. The largest absolute Gasteiger partial charge is 0.407 e. The first-order chi connectivity index (χ1) is 7.27. The van der Waals surface area contributed by atoms with Crippen molar-refractivity contribution in [3.8, 4) is 0 Å². The Balaban J connectivity index is 2.05. The van der Waals surface area contributed by atoms with E-state index in [0.717, 1.165) is 5.56 Å². The van der Waals surface area contributed by atoms with Gasteiger partial charge in [-0.15, -0.1) is 0 Å². The van der Waals surface area contributed by atoms with Gasteiger partial charge in [-0.1, -0.05) is 30.3 Å². The second kappa shape index (κ2) is 4.15. The standard InChI is InChI=1S/C10H9ClN2O/c11-10-12-6-7-13(10)14-8-9-4-2-1-3-5-9/h1-7H,8H2/i7D. The van der Waals surface area contributed by atoms with Crippen LogP contribution in [-0.2, 0) is 6.61 Å². The van der Waals surface area contributed by atoms with Crippen LogP contribution < -0.4 is 4.84 Å². The summed E-state index contributed by atoms with van der Waals surface area (Å²) in [5, 5.41) is 0.163. The molecule has 0 bridgehead atoms. The average Bonchev–Trinajstić information content (AvgIpc) is 2.58. The van der Waals surface area contributed by atoms with E-state index in [1.54, 1.807) is 0 Å². The Kier molecular flexibility index (Phi) is 2.34. The fraction of sp³-hybridized carbons (Fsp3) is 0.100. The topological polar surface area (TPSA) is 27.1 Å². The molecule has 0 atom stereocenters. The molecule has 0 aliphatic heterocycles. The molecule has 0 radical (unpaired) electrons. The third kappa shape index (κ3) is 2.06. The molecular formula is C10H9ClN2O. The van der Waals surface area contributed by atoms with Gasteiger partial charge >= 0.3 is 0 Å². The van der Waals surface area contributed by atoms with Crippen molar-refractivity contribution in [2.45, 2.75) is 6.61 Å². The maximum Gasteiger partial charge on any atom is 0.236 e. The molecule has 3 nitrogen and oxygen atoms in total. The molecule has 0 aliphatic rings. The van der Waals surface area contributed by atoms with Gasteiger partial charge in [-0.2, -0.15) is 4.73 Å². The molecule has 0 spiro atoms. The van der Waals surface area contributed by atoms with Crippen LogP contribution in [0.4, 0.5) is 0 Å². The van der Waals surface area contributed by atoms with Gasteiger partial charge in [0.2, 0.25) is 5.28 Å². The fourth-order valence-electron chi connectivity index (χ4n) is 1.04. The summed E-state index contributed by atoms with van der Waals surface area (Å²) in [6.07, 6.45) is 1.48. The van der Waals surface area contributed by atoms with E-state index in [0.29, 0.717) is 6.61 Å². The van der Waals surface area contributed by atoms with Gasteiger partial charge in [-0.05, 0) is 17.2 Å². The second-order valence-electron chi connectivity index (χ2n) is 2.71. The van der Waals surface area contributed by atoms with Crippen LogP contribution in [0.3, 0.4) is 0 Å². The third-order valence-corrected chi connectivity index (χ3v) is 1.97. The summed E-state index contributed by atoms with van der Waals surface area (Å²) >= 11 is 5.72. The van der Waals surface area contributed by atoms with Gasteiger partial charge < -0.3 is 4.84 Å². The maximum atomic E-state index is 7.45. The van der Waals surface area contributed by atoms with E-state index in [9.17, 15) is 0 Å². The van der Waals surface area contributed by atoms with E-state index in [-0.39, 0.29) is 11.5 Å². The minimum atomic E-state index is 0.135. The number of hydrogen-bond acceptors (Lipinski definition) is 2. The average molecular weight is 210 g/mol. The Morgan fingerprint density at radius 2 is 2.21 bits per heavy atom. The van der Waals surface area contributed by atoms with Gasteiger partial charge in [0.1, 0.15) is 6.61 Å². The predicted octanol–water partition coefficient (Wildman–Crippen LogP) is 2.17. The SMILES string of the molecule is [2H]c1cnc(Cl)n1OCc1ccccc1. The number of rotatable bonds is 3. The summed E-state index contributed by atoms with van der Waals surface area (Å²) in [5.74, 6) is 0. The number of halogens is 1. The van der Waals surface area contributed by atoms with Crippen molar-refractivity contribution in [3.05, 3.63) is 53.5 Å². The van der Waals surface area contributed by atoms with E-state index in [2.05, 4.69) is 4.98 Å². The number of nitrogens with zero attached hydrogens (tertiary/aromatic N) is 2. The Morgan fingerprint density at radius 3 is 2.86 bits per heavy atom. The van der Waals surface area contributed by atoms with Crippen LogP contribution in [0.5, 0.6) is 0 Å². The van der Waals surface area contributed by atoms with Crippen molar-refractivity contribution < 1.29 is 6.21 Å². The molecule has 0 aliphatic carbocycles. The quantitative estimate of drug-likeness (QED) is 0.775. The zero-order valence-electron chi connectivity index (χ0n) is 8.35. The monoisotopic (exact) mass is 209 g/mol.